The van der Waals surface area contributed by atoms with Crippen LogP contribution in [-0.4, -0.2) is 51.2 Å². The van der Waals surface area contributed by atoms with Crippen LogP contribution in [0.2, 0.25) is 0 Å². The zero-order chi connectivity index (χ0) is 15.5. The largest absolute Gasteiger partial charge is 0.337 e. The molecule has 1 aromatic carbocycles. The summed E-state index contributed by atoms with van der Waals surface area (Å²) in [6.45, 7) is 3.46. The maximum Gasteiger partial charge on any atom is 0.255 e. The smallest absolute Gasteiger partial charge is 0.255 e. The average Bonchev–Trinajstić information content (AvgIpc) is 3.00. The predicted octanol–water partition coefficient (Wildman–Crippen LogP) is 1.30. The van der Waals surface area contributed by atoms with Gasteiger partial charge < -0.3 is 10.2 Å². The standard InChI is InChI=1S/C15H22N2O3S/c1-3-10-21(19,20)14-7-5-4-6-13(14)15(18)17(2)12-8-9-16-11-12/h4-7,12,16H,3,8-11H2,1-2H3. The lowest BCUT2D eigenvalue weighted by Crippen LogP contribution is -2.39. The van der Waals surface area contributed by atoms with Crippen LogP contribution in [0.1, 0.15) is 30.1 Å². The summed E-state index contributed by atoms with van der Waals surface area (Å²) in [5.41, 5.74) is 0.278. The molecule has 0 aliphatic carbocycles. The van der Waals surface area contributed by atoms with Crippen molar-refractivity contribution in [3.63, 3.8) is 0 Å². The van der Waals surface area contributed by atoms with Crippen molar-refractivity contribution in [3.8, 4) is 0 Å². The zero-order valence-electron chi connectivity index (χ0n) is 12.5. The van der Waals surface area contributed by atoms with Gasteiger partial charge in [-0.2, -0.15) is 0 Å². The number of hydrogen-bond donors (Lipinski definition) is 1. The Morgan fingerprint density at radius 2 is 2.10 bits per heavy atom. The van der Waals surface area contributed by atoms with Gasteiger partial charge in [0.2, 0.25) is 0 Å². The third kappa shape index (κ3) is 3.44. The Morgan fingerprint density at radius 1 is 1.38 bits per heavy atom. The quantitative estimate of drug-likeness (QED) is 0.890. The molecule has 1 heterocycles. The first-order chi connectivity index (χ1) is 9.97. The average molecular weight is 310 g/mol. The summed E-state index contributed by atoms with van der Waals surface area (Å²) < 4.78 is 24.6. The van der Waals surface area contributed by atoms with Gasteiger partial charge in [-0.05, 0) is 31.5 Å². The number of benzene rings is 1. The first-order valence-corrected chi connectivity index (χ1v) is 8.92. The maximum absolute atomic E-state index is 12.6. The van der Waals surface area contributed by atoms with Crippen LogP contribution in [0, 0.1) is 0 Å². The Morgan fingerprint density at radius 3 is 2.71 bits per heavy atom. The van der Waals surface area contributed by atoms with E-state index in [-0.39, 0.29) is 28.2 Å². The van der Waals surface area contributed by atoms with Crippen LogP contribution in [0.4, 0.5) is 0 Å². The van der Waals surface area contributed by atoms with E-state index in [9.17, 15) is 13.2 Å². The van der Waals surface area contributed by atoms with Gasteiger partial charge in [0.25, 0.3) is 5.91 Å². The molecule has 0 saturated carbocycles. The van der Waals surface area contributed by atoms with Crippen LogP contribution in [0.25, 0.3) is 0 Å². The molecule has 0 radical (unpaired) electrons. The number of carbonyl (C=O) groups is 1. The number of nitrogens with zero attached hydrogens (tertiary/aromatic N) is 1. The second-order valence-electron chi connectivity index (χ2n) is 5.38. The van der Waals surface area contributed by atoms with Crippen molar-refractivity contribution >= 4 is 15.7 Å². The van der Waals surface area contributed by atoms with E-state index < -0.39 is 9.84 Å². The van der Waals surface area contributed by atoms with E-state index in [1.165, 1.54) is 6.07 Å². The summed E-state index contributed by atoms with van der Waals surface area (Å²) in [7, 11) is -1.67. The van der Waals surface area contributed by atoms with Gasteiger partial charge in [-0.1, -0.05) is 19.1 Å². The molecular weight excluding hydrogens is 288 g/mol. The van der Waals surface area contributed by atoms with Gasteiger partial charge in [0, 0.05) is 19.6 Å². The highest BCUT2D eigenvalue weighted by Gasteiger charge is 2.28. The van der Waals surface area contributed by atoms with Crippen LogP contribution in [0.15, 0.2) is 29.2 Å². The van der Waals surface area contributed by atoms with Crippen molar-refractivity contribution in [3.05, 3.63) is 29.8 Å². The summed E-state index contributed by atoms with van der Waals surface area (Å²) >= 11 is 0. The molecule has 1 aliphatic rings. The number of likely N-dealkylation sites (N-methyl/N-ethyl adjacent to an activating group) is 1. The molecule has 0 aromatic heterocycles. The van der Waals surface area contributed by atoms with Crippen LogP contribution in [0.3, 0.4) is 0 Å². The lowest BCUT2D eigenvalue weighted by atomic mass is 10.1. The van der Waals surface area contributed by atoms with E-state index in [0.717, 1.165) is 19.5 Å². The highest BCUT2D eigenvalue weighted by molar-refractivity contribution is 7.91. The maximum atomic E-state index is 12.6. The summed E-state index contributed by atoms with van der Waals surface area (Å²) in [6, 6.07) is 6.62. The minimum absolute atomic E-state index is 0.0615. The molecule has 1 N–H and O–H groups in total. The Kier molecular flexibility index (Phi) is 5.00. The predicted molar refractivity (Wildman–Crippen MR) is 82.2 cm³/mol. The molecule has 6 heteroatoms. The minimum atomic E-state index is -3.41. The number of hydrogen-bond acceptors (Lipinski definition) is 4. The Hall–Kier alpha value is -1.40. The fraction of sp³-hybridized carbons (Fsp3) is 0.533. The lowest BCUT2D eigenvalue weighted by molar-refractivity contribution is 0.0740. The number of carbonyl (C=O) groups excluding carboxylic acids is 1. The molecule has 21 heavy (non-hydrogen) atoms. The fourth-order valence-corrected chi connectivity index (χ4v) is 4.15. The number of rotatable bonds is 5. The van der Waals surface area contributed by atoms with Crippen molar-refractivity contribution in [1.29, 1.82) is 0 Å². The first-order valence-electron chi connectivity index (χ1n) is 7.27. The molecule has 1 unspecified atom stereocenters. The molecule has 1 saturated heterocycles. The van der Waals surface area contributed by atoms with E-state index in [2.05, 4.69) is 5.32 Å². The van der Waals surface area contributed by atoms with E-state index in [1.807, 2.05) is 6.92 Å². The third-order valence-electron chi connectivity index (χ3n) is 3.83. The Bertz CT molecular complexity index is 607. The molecule has 1 fully saturated rings. The fourth-order valence-electron chi connectivity index (χ4n) is 2.62. The molecule has 5 nitrogen and oxygen atoms in total. The van der Waals surface area contributed by atoms with Gasteiger partial charge in [0.15, 0.2) is 9.84 Å². The van der Waals surface area contributed by atoms with Crippen LogP contribution >= 0.6 is 0 Å². The lowest BCUT2D eigenvalue weighted by Gasteiger charge is -2.24. The second kappa shape index (κ2) is 6.58. The van der Waals surface area contributed by atoms with Gasteiger partial charge in [-0.15, -0.1) is 0 Å². The first kappa shape index (κ1) is 16.0. The van der Waals surface area contributed by atoms with E-state index in [4.69, 9.17) is 0 Å². The van der Waals surface area contributed by atoms with Crippen LogP contribution < -0.4 is 5.32 Å². The molecule has 1 aliphatic heterocycles. The minimum Gasteiger partial charge on any atom is -0.337 e. The van der Waals surface area contributed by atoms with Crippen molar-refractivity contribution < 1.29 is 13.2 Å². The third-order valence-corrected chi connectivity index (χ3v) is 5.80. The van der Waals surface area contributed by atoms with Gasteiger partial charge in [-0.3, -0.25) is 4.79 Å². The Labute approximate surface area is 126 Å². The monoisotopic (exact) mass is 310 g/mol. The van der Waals surface area contributed by atoms with Crippen molar-refractivity contribution in [2.24, 2.45) is 0 Å². The summed E-state index contributed by atoms with van der Waals surface area (Å²) in [4.78, 5) is 14.4. The van der Waals surface area contributed by atoms with Gasteiger partial charge in [0.05, 0.1) is 16.2 Å². The van der Waals surface area contributed by atoms with E-state index in [1.54, 1.807) is 30.1 Å². The summed E-state index contributed by atoms with van der Waals surface area (Å²) in [6.07, 6.45) is 1.43. The van der Waals surface area contributed by atoms with Crippen molar-refractivity contribution in [2.75, 3.05) is 25.9 Å². The molecule has 0 spiro atoms. The molecule has 2 rings (SSSR count). The van der Waals surface area contributed by atoms with Gasteiger partial charge in [-0.25, -0.2) is 8.42 Å². The number of sulfone groups is 1. The number of amides is 1. The normalized spacial score (nSPS) is 18.7. The van der Waals surface area contributed by atoms with Crippen molar-refractivity contribution in [2.45, 2.75) is 30.7 Å². The summed E-state index contributed by atoms with van der Waals surface area (Å²) in [5, 5.41) is 3.21. The highest BCUT2D eigenvalue weighted by Crippen LogP contribution is 2.21. The summed E-state index contributed by atoms with van der Waals surface area (Å²) in [5.74, 6) is -0.162. The second-order valence-corrected chi connectivity index (χ2v) is 7.46. The molecular formula is C15H22N2O3S. The van der Waals surface area contributed by atoms with Crippen LogP contribution in [-0.2, 0) is 9.84 Å². The highest BCUT2D eigenvalue weighted by atomic mass is 32.2. The SMILES string of the molecule is CCCS(=O)(=O)c1ccccc1C(=O)N(C)C1CCNC1. The van der Waals surface area contributed by atoms with Crippen molar-refractivity contribution in [1.82, 2.24) is 10.2 Å². The zero-order valence-corrected chi connectivity index (χ0v) is 13.3. The topological polar surface area (TPSA) is 66.5 Å². The van der Waals surface area contributed by atoms with E-state index in [0.29, 0.717) is 6.42 Å². The molecule has 1 atom stereocenters. The van der Waals surface area contributed by atoms with Gasteiger partial charge >= 0.3 is 0 Å². The van der Waals surface area contributed by atoms with E-state index >= 15 is 0 Å². The number of nitrogens with one attached hydrogen (secondary N) is 1. The van der Waals surface area contributed by atoms with Crippen LogP contribution in [0.5, 0.6) is 0 Å². The van der Waals surface area contributed by atoms with Gasteiger partial charge in [0.1, 0.15) is 0 Å². The molecule has 1 amide bonds. The molecule has 1 aromatic rings. The molecule has 116 valence electrons. The Balaban J connectivity index is 2.33. The molecule has 0 bridgehead atoms.